The Labute approximate surface area is 107 Å². The number of nitrogen functional groups attached to an aromatic ring is 1. The molecule has 0 heterocycles. The van der Waals surface area contributed by atoms with Gasteiger partial charge in [-0.2, -0.15) is 0 Å². The highest BCUT2D eigenvalue weighted by atomic mass is 19.1. The Morgan fingerprint density at radius 3 is 2.17 bits per heavy atom. The number of benzene rings is 2. The Bertz CT molecular complexity index is 558. The van der Waals surface area contributed by atoms with Crippen LogP contribution in [0.1, 0.15) is 11.1 Å². The highest BCUT2D eigenvalue weighted by molar-refractivity contribution is 5.66. The molecular weight excluding hydrogens is 227 g/mol. The lowest BCUT2D eigenvalue weighted by Crippen LogP contribution is -2.11. The van der Waals surface area contributed by atoms with Crippen molar-refractivity contribution >= 4 is 17.1 Å². The fraction of sp³-hybridized carbons (Fsp3) is 0.200. The van der Waals surface area contributed by atoms with Crippen molar-refractivity contribution in [3.8, 4) is 0 Å². The molecule has 0 bridgehead atoms. The minimum Gasteiger partial charge on any atom is -0.399 e. The molecule has 0 unspecified atom stereocenters. The second kappa shape index (κ2) is 4.69. The van der Waals surface area contributed by atoms with E-state index in [1.807, 2.05) is 37.9 Å². The number of hydrogen-bond donors (Lipinski definition) is 1. The minimum absolute atomic E-state index is 0.309. The third-order valence-corrected chi connectivity index (χ3v) is 2.93. The zero-order valence-corrected chi connectivity index (χ0v) is 10.9. The van der Waals surface area contributed by atoms with Gasteiger partial charge in [-0.25, -0.2) is 4.39 Å². The van der Waals surface area contributed by atoms with Gasteiger partial charge in [0.2, 0.25) is 0 Å². The number of hydrogen-bond acceptors (Lipinski definition) is 2. The minimum atomic E-state index is -0.309. The van der Waals surface area contributed by atoms with Crippen molar-refractivity contribution in [3.05, 3.63) is 53.3 Å². The van der Waals surface area contributed by atoms with Crippen molar-refractivity contribution in [1.29, 1.82) is 0 Å². The fourth-order valence-corrected chi connectivity index (χ4v) is 2.08. The molecule has 0 aliphatic carbocycles. The predicted octanol–water partition coefficient (Wildman–Crippen LogP) is 3.79. The van der Waals surface area contributed by atoms with Crippen molar-refractivity contribution in [2.45, 2.75) is 13.8 Å². The zero-order valence-electron chi connectivity index (χ0n) is 10.9. The molecule has 0 saturated heterocycles. The van der Waals surface area contributed by atoms with E-state index in [1.165, 1.54) is 6.07 Å². The lowest BCUT2D eigenvalue weighted by atomic mass is 10.1. The summed E-state index contributed by atoms with van der Waals surface area (Å²) in [5.41, 5.74) is 9.80. The standard InChI is InChI=1S/C15H17FN2/c1-10-6-11(2)8-13(7-10)18(3)15-5-4-12(17)9-14(15)16/h4-9H,17H2,1-3H3. The lowest BCUT2D eigenvalue weighted by molar-refractivity contribution is 0.628. The average Bonchev–Trinajstić information content (AvgIpc) is 2.26. The molecule has 0 amide bonds. The summed E-state index contributed by atoms with van der Waals surface area (Å²) in [6.07, 6.45) is 0. The molecule has 2 aromatic carbocycles. The van der Waals surface area contributed by atoms with Gasteiger partial charge in [0.1, 0.15) is 5.82 Å². The van der Waals surface area contributed by atoms with E-state index in [1.54, 1.807) is 12.1 Å². The molecule has 0 aromatic heterocycles. The van der Waals surface area contributed by atoms with Gasteiger partial charge in [0.15, 0.2) is 0 Å². The summed E-state index contributed by atoms with van der Waals surface area (Å²) in [5.74, 6) is -0.309. The third-order valence-electron chi connectivity index (χ3n) is 2.93. The Kier molecular flexibility index (Phi) is 3.24. The summed E-state index contributed by atoms with van der Waals surface area (Å²) >= 11 is 0. The number of halogens is 1. The van der Waals surface area contributed by atoms with Crippen LogP contribution in [0.2, 0.25) is 0 Å². The van der Waals surface area contributed by atoms with E-state index < -0.39 is 0 Å². The summed E-state index contributed by atoms with van der Waals surface area (Å²) in [4.78, 5) is 1.83. The highest BCUT2D eigenvalue weighted by Crippen LogP contribution is 2.28. The molecule has 0 aliphatic heterocycles. The van der Waals surface area contributed by atoms with Crippen molar-refractivity contribution in [1.82, 2.24) is 0 Å². The van der Waals surface area contributed by atoms with Crippen LogP contribution in [-0.2, 0) is 0 Å². The maximum atomic E-state index is 13.9. The summed E-state index contributed by atoms with van der Waals surface area (Å²) in [6.45, 7) is 4.06. The van der Waals surface area contributed by atoms with Gasteiger partial charge in [0.05, 0.1) is 5.69 Å². The summed E-state index contributed by atoms with van der Waals surface area (Å²) in [6, 6.07) is 10.9. The number of anilines is 3. The van der Waals surface area contributed by atoms with Crippen molar-refractivity contribution < 1.29 is 4.39 Å². The largest absolute Gasteiger partial charge is 0.399 e. The molecule has 18 heavy (non-hydrogen) atoms. The molecule has 2 aromatic rings. The maximum Gasteiger partial charge on any atom is 0.148 e. The molecule has 2 rings (SSSR count). The van der Waals surface area contributed by atoms with Crippen LogP contribution in [0.5, 0.6) is 0 Å². The Balaban J connectivity index is 2.44. The number of nitrogens with zero attached hydrogens (tertiary/aromatic N) is 1. The van der Waals surface area contributed by atoms with E-state index in [4.69, 9.17) is 5.73 Å². The van der Waals surface area contributed by atoms with Gasteiger partial charge in [0.25, 0.3) is 0 Å². The molecule has 0 aliphatic rings. The van der Waals surface area contributed by atoms with E-state index in [0.717, 1.165) is 16.8 Å². The Hall–Kier alpha value is -2.03. The number of aryl methyl sites for hydroxylation is 2. The van der Waals surface area contributed by atoms with Crippen LogP contribution >= 0.6 is 0 Å². The topological polar surface area (TPSA) is 29.3 Å². The van der Waals surface area contributed by atoms with Gasteiger partial charge >= 0.3 is 0 Å². The van der Waals surface area contributed by atoms with Crippen LogP contribution in [0.25, 0.3) is 0 Å². The zero-order chi connectivity index (χ0) is 13.3. The van der Waals surface area contributed by atoms with E-state index >= 15 is 0 Å². The maximum absolute atomic E-state index is 13.9. The van der Waals surface area contributed by atoms with Crippen LogP contribution in [0, 0.1) is 19.7 Å². The molecule has 2 N–H and O–H groups in total. The second-order valence-corrected chi connectivity index (χ2v) is 4.62. The van der Waals surface area contributed by atoms with Crippen LogP contribution in [0.3, 0.4) is 0 Å². The van der Waals surface area contributed by atoms with E-state index in [9.17, 15) is 4.39 Å². The molecule has 0 spiro atoms. The summed E-state index contributed by atoms with van der Waals surface area (Å²) in [5, 5.41) is 0. The van der Waals surface area contributed by atoms with Crippen molar-refractivity contribution in [2.24, 2.45) is 0 Å². The number of nitrogens with two attached hydrogens (primary N) is 1. The molecule has 0 atom stereocenters. The van der Waals surface area contributed by atoms with Gasteiger partial charge in [-0.1, -0.05) is 6.07 Å². The second-order valence-electron chi connectivity index (χ2n) is 4.62. The third kappa shape index (κ3) is 2.45. The molecule has 2 nitrogen and oxygen atoms in total. The normalized spacial score (nSPS) is 10.4. The van der Waals surface area contributed by atoms with Crippen LogP contribution in [0.15, 0.2) is 36.4 Å². The van der Waals surface area contributed by atoms with Crippen LogP contribution < -0.4 is 10.6 Å². The lowest BCUT2D eigenvalue weighted by Gasteiger charge is -2.21. The van der Waals surface area contributed by atoms with Gasteiger partial charge in [0, 0.05) is 18.4 Å². The Morgan fingerprint density at radius 1 is 1.00 bits per heavy atom. The first kappa shape index (κ1) is 12.4. The van der Waals surface area contributed by atoms with Crippen LogP contribution in [0.4, 0.5) is 21.5 Å². The van der Waals surface area contributed by atoms with E-state index in [-0.39, 0.29) is 5.82 Å². The summed E-state index contributed by atoms with van der Waals surface area (Å²) in [7, 11) is 1.85. The van der Waals surface area contributed by atoms with Crippen LogP contribution in [-0.4, -0.2) is 7.05 Å². The average molecular weight is 244 g/mol. The molecular formula is C15H17FN2. The van der Waals surface area contributed by atoms with Crippen molar-refractivity contribution in [3.63, 3.8) is 0 Å². The number of rotatable bonds is 2. The summed E-state index contributed by atoms with van der Waals surface area (Å²) < 4.78 is 13.9. The molecule has 94 valence electrons. The molecule has 0 radical (unpaired) electrons. The molecule has 0 saturated carbocycles. The molecule has 0 fully saturated rings. The Morgan fingerprint density at radius 2 is 1.61 bits per heavy atom. The fourth-order valence-electron chi connectivity index (χ4n) is 2.08. The quantitative estimate of drug-likeness (QED) is 0.814. The van der Waals surface area contributed by atoms with E-state index in [0.29, 0.717) is 11.4 Å². The first-order valence-electron chi connectivity index (χ1n) is 5.84. The van der Waals surface area contributed by atoms with Gasteiger partial charge < -0.3 is 10.6 Å². The monoisotopic (exact) mass is 244 g/mol. The SMILES string of the molecule is Cc1cc(C)cc(N(C)c2ccc(N)cc2F)c1. The smallest absolute Gasteiger partial charge is 0.148 e. The molecule has 3 heteroatoms. The highest BCUT2D eigenvalue weighted by Gasteiger charge is 2.10. The first-order chi connectivity index (χ1) is 8.47. The predicted molar refractivity (Wildman–Crippen MR) is 74.8 cm³/mol. The van der Waals surface area contributed by atoms with Gasteiger partial charge in [-0.3, -0.25) is 0 Å². The first-order valence-corrected chi connectivity index (χ1v) is 5.84. The van der Waals surface area contributed by atoms with Gasteiger partial charge in [-0.05, 0) is 55.3 Å². The van der Waals surface area contributed by atoms with Gasteiger partial charge in [-0.15, -0.1) is 0 Å². The van der Waals surface area contributed by atoms with E-state index in [2.05, 4.69) is 6.07 Å². The van der Waals surface area contributed by atoms with Crippen molar-refractivity contribution in [2.75, 3.05) is 17.7 Å².